The zero-order valence-corrected chi connectivity index (χ0v) is 9.87. The van der Waals surface area contributed by atoms with Gasteiger partial charge in [-0.05, 0) is 0 Å². The van der Waals surface area contributed by atoms with E-state index in [0.717, 1.165) is 0 Å². The van der Waals surface area contributed by atoms with Crippen molar-refractivity contribution >= 4 is 11.7 Å². The van der Waals surface area contributed by atoms with Crippen LogP contribution in [0, 0.1) is 0 Å². The number of amides is 1. The van der Waals surface area contributed by atoms with Gasteiger partial charge in [0.2, 0.25) is 0 Å². The number of carbonyl (C=O) groups excluding carboxylic acids is 1. The molecule has 2 heterocycles. The molecule has 0 aromatic carbocycles. The van der Waals surface area contributed by atoms with Gasteiger partial charge in [0, 0.05) is 20.0 Å². The number of nitrogens with one attached hydrogen (secondary N) is 1. The number of aryl methyl sites for hydroxylation is 1. The number of hydrogen-bond acceptors (Lipinski definition) is 6. The summed E-state index contributed by atoms with van der Waals surface area (Å²) in [5, 5.41) is 6.80. The summed E-state index contributed by atoms with van der Waals surface area (Å²) >= 11 is 0. The molecule has 8 nitrogen and oxygen atoms in total. The fourth-order valence-electron chi connectivity index (χ4n) is 1.37. The number of rotatable bonds is 4. The van der Waals surface area contributed by atoms with E-state index in [-0.39, 0.29) is 17.4 Å². The maximum absolute atomic E-state index is 11.7. The molecule has 1 amide bonds. The third-order valence-corrected chi connectivity index (χ3v) is 2.17. The van der Waals surface area contributed by atoms with E-state index >= 15 is 0 Å². The maximum Gasteiger partial charge on any atom is 0.271 e. The van der Waals surface area contributed by atoms with Gasteiger partial charge < -0.3 is 11.1 Å². The summed E-state index contributed by atoms with van der Waals surface area (Å²) in [6, 6.07) is 0. The summed E-state index contributed by atoms with van der Waals surface area (Å²) in [5.41, 5.74) is 5.64. The van der Waals surface area contributed by atoms with Gasteiger partial charge in [-0.15, -0.1) is 0 Å². The minimum atomic E-state index is -0.314. The van der Waals surface area contributed by atoms with Crippen molar-refractivity contribution in [3.8, 4) is 0 Å². The average Bonchev–Trinajstić information content (AvgIpc) is 2.75. The zero-order chi connectivity index (χ0) is 13.0. The Labute approximate surface area is 103 Å². The van der Waals surface area contributed by atoms with Crippen molar-refractivity contribution in [2.24, 2.45) is 7.05 Å². The first-order chi connectivity index (χ1) is 8.65. The second-order valence-electron chi connectivity index (χ2n) is 3.67. The Morgan fingerprint density at radius 2 is 2.33 bits per heavy atom. The van der Waals surface area contributed by atoms with Crippen molar-refractivity contribution < 1.29 is 4.79 Å². The SMILES string of the molecule is Cn1cnc(CCNC(=O)c2cncc(N)n2)n1. The highest BCUT2D eigenvalue weighted by Gasteiger charge is 2.08. The lowest BCUT2D eigenvalue weighted by Gasteiger charge is -2.02. The molecule has 0 aliphatic rings. The van der Waals surface area contributed by atoms with E-state index in [9.17, 15) is 4.79 Å². The van der Waals surface area contributed by atoms with Gasteiger partial charge >= 0.3 is 0 Å². The van der Waals surface area contributed by atoms with Crippen molar-refractivity contribution in [1.29, 1.82) is 0 Å². The molecule has 2 rings (SSSR count). The molecule has 2 aromatic heterocycles. The fourth-order valence-corrected chi connectivity index (χ4v) is 1.37. The number of nitrogens with zero attached hydrogens (tertiary/aromatic N) is 5. The van der Waals surface area contributed by atoms with E-state index in [1.165, 1.54) is 12.4 Å². The lowest BCUT2D eigenvalue weighted by Crippen LogP contribution is -2.27. The molecule has 0 unspecified atom stereocenters. The van der Waals surface area contributed by atoms with Crippen molar-refractivity contribution in [1.82, 2.24) is 30.0 Å². The molecule has 18 heavy (non-hydrogen) atoms. The first-order valence-corrected chi connectivity index (χ1v) is 5.35. The summed E-state index contributed by atoms with van der Waals surface area (Å²) < 4.78 is 1.61. The lowest BCUT2D eigenvalue weighted by molar-refractivity contribution is 0.0948. The Kier molecular flexibility index (Phi) is 3.46. The minimum absolute atomic E-state index is 0.198. The molecule has 0 fully saturated rings. The van der Waals surface area contributed by atoms with Crippen LogP contribution in [0.15, 0.2) is 18.7 Å². The largest absolute Gasteiger partial charge is 0.382 e. The number of anilines is 1. The van der Waals surface area contributed by atoms with Crippen molar-refractivity contribution in [2.45, 2.75) is 6.42 Å². The van der Waals surface area contributed by atoms with Crippen LogP contribution in [0.25, 0.3) is 0 Å². The van der Waals surface area contributed by atoms with E-state index in [0.29, 0.717) is 18.8 Å². The second kappa shape index (κ2) is 5.21. The highest BCUT2D eigenvalue weighted by atomic mass is 16.1. The van der Waals surface area contributed by atoms with Gasteiger partial charge in [0.15, 0.2) is 5.82 Å². The molecule has 94 valence electrons. The fraction of sp³-hybridized carbons (Fsp3) is 0.300. The number of carbonyl (C=O) groups is 1. The molecule has 3 N–H and O–H groups in total. The summed E-state index contributed by atoms with van der Waals surface area (Å²) in [6.45, 7) is 0.430. The lowest BCUT2D eigenvalue weighted by atomic mass is 10.3. The molecule has 0 spiro atoms. The summed E-state index contributed by atoms with van der Waals surface area (Å²) in [7, 11) is 1.79. The van der Waals surface area contributed by atoms with Crippen molar-refractivity contribution in [3.05, 3.63) is 30.2 Å². The van der Waals surface area contributed by atoms with Crippen LogP contribution < -0.4 is 11.1 Å². The van der Waals surface area contributed by atoms with Crippen LogP contribution in [0.5, 0.6) is 0 Å². The van der Waals surface area contributed by atoms with Crippen LogP contribution in [0.4, 0.5) is 5.82 Å². The molecular formula is C10H13N7O. The van der Waals surface area contributed by atoms with Crippen LogP contribution in [0.2, 0.25) is 0 Å². The Morgan fingerprint density at radius 1 is 1.50 bits per heavy atom. The molecule has 0 radical (unpaired) electrons. The second-order valence-corrected chi connectivity index (χ2v) is 3.67. The van der Waals surface area contributed by atoms with E-state index < -0.39 is 0 Å². The van der Waals surface area contributed by atoms with Gasteiger partial charge in [0.25, 0.3) is 5.91 Å². The molecule has 8 heteroatoms. The Morgan fingerprint density at radius 3 is 3.00 bits per heavy atom. The van der Waals surface area contributed by atoms with Gasteiger partial charge in [-0.25, -0.2) is 9.97 Å². The van der Waals surface area contributed by atoms with Gasteiger partial charge in [-0.2, -0.15) is 5.10 Å². The number of nitrogen functional groups attached to an aromatic ring is 1. The van der Waals surface area contributed by atoms with Gasteiger partial charge in [-0.3, -0.25) is 14.5 Å². The topological polar surface area (TPSA) is 112 Å². The van der Waals surface area contributed by atoms with Crippen LogP contribution in [0.1, 0.15) is 16.3 Å². The molecule has 0 saturated heterocycles. The number of nitrogens with two attached hydrogens (primary N) is 1. The zero-order valence-electron chi connectivity index (χ0n) is 9.87. The van der Waals surface area contributed by atoms with E-state index in [4.69, 9.17) is 5.73 Å². The van der Waals surface area contributed by atoms with Gasteiger partial charge in [-0.1, -0.05) is 0 Å². The molecule has 0 aliphatic heterocycles. The highest BCUT2D eigenvalue weighted by Crippen LogP contribution is 1.97. The summed E-state index contributed by atoms with van der Waals surface area (Å²) in [6.07, 6.45) is 4.92. The Hall–Kier alpha value is -2.51. The monoisotopic (exact) mass is 247 g/mol. The molecule has 0 bridgehead atoms. The third kappa shape index (κ3) is 3.00. The predicted octanol–water partition coefficient (Wildman–Crippen LogP) is -0.840. The third-order valence-electron chi connectivity index (χ3n) is 2.17. The van der Waals surface area contributed by atoms with Crippen LogP contribution in [-0.2, 0) is 13.5 Å². The van der Waals surface area contributed by atoms with Crippen molar-refractivity contribution in [2.75, 3.05) is 12.3 Å². The summed E-state index contributed by atoms with van der Waals surface area (Å²) in [5.74, 6) is 0.580. The maximum atomic E-state index is 11.7. The number of aromatic nitrogens is 5. The number of hydrogen-bond donors (Lipinski definition) is 2. The highest BCUT2D eigenvalue weighted by molar-refractivity contribution is 5.92. The Bertz CT molecular complexity index is 551. The van der Waals surface area contributed by atoms with Gasteiger partial charge in [0.05, 0.1) is 12.4 Å². The van der Waals surface area contributed by atoms with Crippen molar-refractivity contribution in [3.63, 3.8) is 0 Å². The Balaban J connectivity index is 1.85. The molecule has 0 saturated carbocycles. The average molecular weight is 247 g/mol. The quantitative estimate of drug-likeness (QED) is 0.728. The molecule has 0 aliphatic carbocycles. The normalized spacial score (nSPS) is 10.3. The van der Waals surface area contributed by atoms with Gasteiger partial charge in [0.1, 0.15) is 17.8 Å². The smallest absolute Gasteiger partial charge is 0.271 e. The minimum Gasteiger partial charge on any atom is -0.382 e. The van der Waals surface area contributed by atoms with E-state index in [1.807, 2.05) is 0 Å². The molecular weight excluding hydrogens is 234 g/mol. The summed E-state index contributed by atoms with van der Waals surface area (Å²) in [4.78, 5) is 23.4. The van der Waals surface area contributed by atoms with Crippen LogP contribution >= 0.6 is 0 Å². The standard InChI is InChI=1S/C10H13N7O/c1-17-6-14-9(16-17)2-3-13-10(18)7-4-12-5-8(11)15-7/h4-6H,2-3H2,1H3,(H2,11,15)(H,13,18). The van der Waals surface area contributed by atoms with Crippen LogP contribution in [0.3, 0.4) is 0 Å². The molecule has 0 atom stereocenters. The molecule has 2 aromatic rings. The first-order valence-electron chi connectivity index (χ1n) is 5.35. The van der Waals surface area contributed by atoms with E-state index in [2.05, 4.69) is 25.4 Å². The van der Waals surface area contributed by atoms with E-state index in [1.54, 1.807) is 18.1 Å². The predicted molar refractivity (Wildman–Crippen MR) is 63.5 cm³/mol. The van der Waals surface area contributed by atoms with Crippen LogP contribution in [-0.4, -0.2) is 37.2 Å². The first kappa shape index (κ1) is 12.0.